The molecule has 1 heterocycles. The Balaban J connectivity index is 2.32. The summed E-state index contributed by atoms with van der Waals surface area (Å²) in [6.45, 7) is 11.3. The first-order valence-electron chi connectivity index (χ1n) is 7.44. The number of hydrogen-bond acceptors (Lipinski definition) is 3. The van der Waals surface area contributed by atoms with Gasteiger partial charge >= 0.3 is 0 Å². The van der Waals surface area contributed by atoms with Crippen molar-refractivity contribution in [3.63, 3.8) is 0 Å². The van der Waals surface area contributed by atoms with E-state index in [1.54, 1.807) is 0 Å². The maximum absolute atomic E-state index is 13.0. The Kier molecular flexibility index (Phi) is 4.61. The summed E-state index contributed by atoms with van der Waals surface area (Å²) in [5.74, 6) is 0.236. The Morgan fingerprint density at radius 1 is 1.30 bits per heavy atom. The molecule has 0 aromatic heterocycles. The molecule has 2 rings (SSSR count). The monoisotopic (exact) mass is 275 g/mol. The molecular formula is C17H25NO2. The predicted molar refractivity (Wildman–Crippen MR) is 81.3 cm³/mol. The largest absolute Gasteiger partial charge is 0.379 e. The van der Waals surface area contributed by atoms with Gasteiger partial charge in [-0.05, 0) is 32.8 Å². The topological polar surface area (TPSA) is 29.5 Å². The van der Waals surface area contributed by atoms with Gasteiger partial charge in [-0.2, -0.15) is 0 Å². The minimum Gasteiger partial charge on any atom is -0.379 e. The van der Waals surface area contributed by atoms with Crippen LogP contribution in [0.1, 0.15) is 41.8 Å². The number of ether oxygens (including phenoxy) is 1. The van der Waals surface area contributed by atoms with Crippen molar-refractivity contribution < 1.29 is 9.53 Å². The Hall–Kier alpha value is -1.19. The van der Waals surface area contributed by atoms with E-state index in [0.29, 0.717) is 0 Å². The first-order chi connectivity index (χ1) is 9.49. The third-order valence-electron chi connectivity index (χ3n) is 4.51. The third kappa shape index (κ3) is 2.79. The van der Waals surface area contributed by atoms with Gasteiger partial charge < -0.3 is 4.74 Å². The quantitative estimate of drug-likeness (QED) is 0.791. The van der Waals surface area contributed by atoms with Gasteiger partial charge in [0.2, 0.25) is 0 Å². The molecule has 1 fully saturated rings. The van der Waals surface area contributed by atoms with Gasteiger partial charge in [-0.3, -0.25) is 9.69 Å². The Morgan fingerprint density at radius 2 is 1.95 bits per heavy atom. The van der Waals surface area contributed by atoms with E-state index < -0.39 is 5.54 Å². The lowest BCUT2D eigenvalue weighted by Gasteiger charge is -2.41. The van der Waals surface area contributed by atoms with Crippen LogP contribution in [0.25, 0.3) is 0 Å². The number of Topliss-reactive ketones (excluding diaryl/α,β-unsaturated/α-hetero) is 1. The van der Waals surface area contributed by atoms with Crippen LogP contribution in [0.5, 0.6) is 0 Å². The van der Waals surface area contributed by atoms with Crippen molar-refractivity contribution in [3.05, 3.63) is 34.9 Å². The summed E-state index contributed by atoms with van der Waals surface area (Å²) in [6, 6.07) is 6.08. The summed E-state index contributed by atoms with van der Waals surface area (Å²) < 4.78 is 5.41. The average molecular weight is 275 g/mol. The number of nitrogens with zero attached hydrogens (tertiary/aromatic N) is 1. The normalized spacial score (nSPS) is 19.6. The van der Waals surface area contributed by atoms with Gasteiger partial charge in [0.1, 0.15) is 0 Å². The Morgan fingerprint density at radius 3 is 2.50 bits per heavy atom. The third-order valence-corrected chi connectivity index (χ3v) is 4.51. The van der Waals surface area contributed by atoms with Crippen LogP contribution in [0, 0.1) is 13.8 Å². The van der Waals surface area contributed by atoms with Crippen LogP contribution in [0.3, 0.4) is 0 Å². The standard InChI is InChI=1S/C17H25NO2/c1-5-17(4,18-8-10-20-11-9-18)16(19)15-7-6-13(2)12-14(15)3/h6-7,12H,5,8-11H2,1-4H3. The van der Waals surface area contributed by atoms with E-state index in [1.165, 1.54) is 5.56 Å². The molecule has 0 saturated carbocycles. The summed E-state index contributed by atoms with van der Waals surface area (Å²) >= 11 is 0. The Bertz CT molecular complexity index is 492. The Labute approximate surface area is 121 Å². The van der Waals surface area contributed by atoms with Crippen molar-refractivity contribution in [2.45, 2.75) is 39.7 Å². The molecule has 1 unspecified atom stereocenters. The second-order valence-electron chi connectivity index (χ2n) is 5.87. The van der Waals surface area contributed by atoms with Crippen LogP contribution < -0.4 is 0 Å². The maximum Gasteiger partial charge on any atom is 0.183 e. The first-order valence-corrected chi connectivity index (χ1v) is 7.44. The fourth-order valence-corrected chi connectivity index (χ4v) is 2.94. The van der Waals surface area contributed by atoms with E-state index in [9.17, 15) is 4.79 Å². The molecule has 0 amide bonds. The molecular weight excluding hydrogens is 250 g/mol. The second kappa shape index (κ2) is 6.06. The van der Waals surface area contributed by atoms with Crippen molar-refractivity contribution in [2.24, 2.45) is 0 Å². The molecule has 20 heavy (non-hydrogen) atoms. The van der Waals surface area contributed by atoms with Crippen molar-refractivity contribution in [3.8, 4) is 0 Å². The van der Waals surface area contributed by atoms with E-state index in [-0.39, 0.29) is 5.78 Å². The van der Waals surface area contributed by atoms with Crippen molar-refractivity contribution in [1.29, 1.82) is 0 Å². The molecule has 110 valence electrons. The number of ketones is 1. The van der Waals surface area contributed by atoms with E-state index >= 15 is 0 Å². The fraction of sp³-hybridized carbons (Fsp3) is 0.588. The summed E-state index contributed by atoms with van der Waals surface area (Å²) in [5.41, 5.74) is 2.70. The minimum atomic E-state index is -0.427. The van der Waals surface area contributed by atoms with Crippen LogP contribution in [-0.4, -0.2) is 42.5 Å². The molecule has 0 radical (unpaired) electrons. The second-order valence-corrected chi connectivity index (χ2v) is 5.87. The lowest BCUT2D eigenvalue weighted by Crippen LogP contribution is -2.56. The zero-order valence-corrected chi connectivity index (χ0v) is 13.0. The van der Waals surface area contributed by atoms with E-state index in [1.807, 2.05) is 19.1 Å². The van der Waals surface area contributed by atoms with Gasteiger partial charge in [-0.15, -0.1) is 0 Å². The lowest BCUT2D eigenvalue weighted by atomic mass is 9.84. The molecule has 0 bridgehead atoms. The minimum absolute atomic E-state index is 0.236. The summed E-state index contributed by atoms with van der Waals surface area (Å²) in [5, 5.41) is 0. The average Bonchev–Trinajstić information content (AvgIpc) is 2.46. The van der Waals surface area contributed by atoms with Gasteiger partial charge in [-0.1, -0.05) is 30.7 Å². The number of benzene rings is 1. The van der Waals surface area contributed by atoms with E-state index in [2.05, 4.69) is 31.7 Å². The molecule has 0 N–H and O–H groups in total. The fourth-order valence-electron chi connectivity index (χ4n) is 2.94. The van der Waals surface area contributed by atoms with E-state index in [4.69, 9.17) is 4.74 Å². The number of rotatable bonds is 4. The molecule has 3 heteroatoms. The lowest BCUT2D eigenvalue weighted by molar-refractivity contribution is -0.0106. The molecule has 1 atom stereocenters. The van der Waals surface area contributed by atoms with Crippen LogP contribution >= 0.6 is 0 Å². The van der Waals surface area contributed by atoms with Crippen LogP contribution in [0.2, 0.25) is 0 Å². The van der Waals surface area contributed by atoms with Gasteiger partial charge in [0.15, 0.2) is 5.78 Å². The smallest absolute Gasteiger partial charge is 0.183 e. The highest BCUT2D eigenvalue weighted by molar-refractivity contribution is 6.04. The number of carbonyl (C=O) groups is 1. The van der Waals surface area contributed by atoms with Gasteiger partial charge in [0, 0.05) is 18.7 Å². The highest BCUT2D eigenvalue weighted by Gasteiger charge is 2.39. The van der Waals surface area contributed by atoms with Gasteiger partial charge in [-0.25, -0.2) is 0 Å². The highest BCUT2D eigenvalue weighted by Crippen LogP contribution is 2.27. The molecule has 1 aromatic rings. The number of carbonyl (C=O) groups excluding carboxylic acids is 1. The van der Waals surface area contributed by atoms with E-state index in [0.717, 1.165) is 43.9 Å². The number of hydrogen-bond donors (Lipinski definition) is 0. The maximum atomic E-state index is 13.0. The molecule has 1 aliphatic heterocycles. The summed E-state index contributed by atoms with van der Waals surface area (Å²) in [7, 11) is 0. The molecule has 1 saturated heterocycles. The summed E-state index contributed by atoms with van der Waals surface area (Å²) in [6.07, 6.45) is 0.819. The zero-order valence-electron chi connectivity index (χ0n) is 13.0. The molecule has 0 spiro atoms. The SMILES string of the molecule is CCC(C)(C(=O)c1ccc(C)cc1C)N1CCOCC1. The van der Waals surface area contributed by atoms with Crippen molar-refractivity contribution >= 4 is 5.78 Å². The predicted octanol–water partition coefficient (Wildman–Crippen LogP) is 2.99. The van der Waals surface area contributed by atoms with Gasteiger partial charge in [0.25, 0.3) is 0 Å². The van der Waals surface area contributed by atoms with Crippen LogP contribution in [0.4, 0.5) is 0 Å². The first kappa shape index (κ1) is 15.2. The number of aryl methyl sites for hydroxylation is 2. The zero-order chi connectivity index (χ0) is 14.8. The molecule has 3 nitrogen and oxygen atoms in total. The summed E-state index contributed by atoms with van der Waals surface area (Å²) in [4.78, 5) is 15.3. The van der Waals surface area contributed by atoms with Crippen molar-refractivity contribution in [2.75, 3.05) is 26.3 Å². The van der Waals surface area contributed by atoms with Gasteiger partial charge in [0.05, 0.1) is 18.8 Å². The number of morpholine rings is 1. The van der Waals surface area contributed by atoms with Crippen LogP contribution in [0.15, 0.2) is 18.2 Å². The highest BCUT2D eigenvalue weighted by atomic mass is 16.5. The molecule has 0 aliphatic carbocycles. The molecule has 1 aliphatic rings. The van der Waals surface area contributed by atoms with Crippen LogP contribution in [-0.2, 0) is 4.74 Å². The van der Waals surface area contributed by atoms with Crippen molar-refractivity contribution in [1.82, 2.24) is 4.90 Å². The molecule has 1 aromatic carbocycles.